The minimum Gasteiger partial charge on any atom is -0.385 e. The van der Waals surface area contributed by atoms with Gasteiger partial charge < -0.3 is 13.9 Å². The molecule has 98 heavy (non-hydrogen) atoms. The van der Waals surface area contributed by atoms with Crippen molar-refractivity contribution in [3.8, 4) is 0 Å². The van der Waals surface area contributed by atoms with Gasteiger partial charge in [-0.05, 0) is 55.2 Å². The first-order chi connectivity index (χ1) is 44.4. The molecule has 1 aliphatic carbocycles. The van der Waals surface area contributed by atoms with Gasteiger partial charge in [-0.1, -0.05) is 35.7 Å². The zero-order chi connectivity index (χ0) is 77.4. The molecular weight excluding hydrogens is 1460 g/mol. The molecule has 1 aliphatic rings. The molecule has 0 N–H and O–H groups in total. The molecule has 0 spiro atoms. The first kappa shape index (κ1) is 93.6. The summed E-state index contributed by atoms with van der Waals surface area (Å²) in [5.74, 6) is -26.5. The zero-order valence-electron chi connectivity index (χ0n) is 48.8. The molecule has 2 aromatic rings. The molecule has 0 saturated heterocycles. The SMILES string of the molecule is CC(=O)OC(=O)C(=O)OC(C)=O.CC(=O)OOC(=O)C(F)(F)F.CC(=O)OOC(=O)c1ccccc1C(=O)OOC(C)(C)C.CC(=O)OOS(=O)(=O)C1CCCCC1.O=C(OOOC(=O)C(F)(F)F)C(F)(F)F.O=C(OOOOC(=O)C(F)(F)F)C(F)(F)F.O=c1ooooc(=O)o1. The summed E-state index contributed by atoms with van der Waals surface area (Å²) in [5, 5.41) is 7.70. The Balaban J connectivity index is -0.000000533. The van der Waals surface area contributed by atoms with Crippen molar-refractivity contribution in [3.05, 3.63) is 56.6 Å². The number of carbonyl (C=O) groups is 14. The van der Waals surface area contributed by atoms with E-state index in [1.807, 2.05) is 0 Å². The molecule has 0 radical (unpaired) electrons. The molecule has 0 amide bonds. The second-order valence-corrected chi connectivity index (χ2v) is 18.0. The van der Waals surface area contributed by atoms with Crippen LogP contribution >= 0.6 is 0 Å². The molecule has 0 atom stereocenters. The Hall–Kier alpha value is -10.8. The Morgan fingerprint density at radius 2 is 0.714 bits per heavy atom. The Morgan fingerprint density at radius 1 is 0.408 bits per heavy atom. The predicted molar refractivity (Wildman–Crippen MR) is 246 cm³/mol. The highest BCUT2D eigenvalue weighted by Gasteiger charge is 2.47. The topological polar surface area (TPSA) is 530 Å². The number of halogens is 15. The third kappa shape index (κ3) is 49.8. The van der Waals surface area contributed by atoms with Crippen LogP contribution in [-0.2, 0) is 150 Å². The molecule has 1 aromatic heterocycles. The van der Waals surface area contributed by atoms with Crippen LogP contribution in [0.3, 0.4) is 0 Å². The predicted octanol–water partition coefficient (Wildman–Crippen LogP) is 4.60. The van der Waals surface area contributed by atoms with E-state index in [-0.39, 0.29) is 11.1 Å². The van der Waals surface area contributed by atoms with Crippen LogP contribution in [0.4, 0.5) is 65.9 Å². The number of rotatable bonds is 11. The fraction of sp³-hybridized carbons (Fsp3) is 0.476. The summed E-state index contributed by atoms with van der Waals surface area (Å²) in [5.41, 5.74) is -0.872. The van der Waals surface area contributed by atoms with Gasteiger partial charge >= 0.3 is 136 Å². The first-order valence-electron chi connectivity index (χ1n) is 23.4. The van der Waals surface area contributed by atoms with Crippen LogP contribution in [0.5, 0.6) is 0 Å². The third-order valence-corrected chi connectivity index (χ3v) is 8.62. The van der Waals surface area contributed by atoms with Crippen LogP contribution in [-0.4, -0.2) is 134 Å². The van der Waals surface area contributed by atoms with E-state index in [1.54, 1.807) is 20.8 Å². The second-order valence-electron chi connectivity index (χ2n) is 16.2. The summed E-state index contributed by atoms with van der Waals surface area (Å²) in [6.45, 7) is 9.94. The van der Waals surface area contributed by atoms with Crippen molar-refractivity contribution in [2.75, 3.05) is 0 Å². The molecular formula is C42H39F15O40S. The Morgan fingerprint density at radius 3 is 1.02 bits per heavy atom. The van der Waals surface area contributed by atoms with E-state index < -0.39 is 147 Å². The van der Waals surface area contributed by atoms with E-state index in [1.165, 1.54) is 24.3 Å². The summed E-state index contributed by atoms with van der Waals surface area (Å²) >= 11 is 0. The second kappa shape index (κ2) is 44.1. The quantitative estimate of drug-likeness (QED) is 0.0564. The van der Waals surface area contributed by atoms with Gasteiger partial charge in [0.2, 0.25) is 0 Å². The average Bonchev–Trinajstić information content (AvgIpc) is 0.902. The van der Waals surface area contributed by atoms with Crippen molar-refractivity contribution < 1.29 is 247 Å². The lowest BCUT2D eigenvalue weighted by Gasteiger charge is -2.19. The minimum absolute atomic E-state index is 0.0705. The number of hydrogen-bond donors (Lipinski definition) is 0. The smallest absolute Gasteiger partial charge is 0.385 e. The fourth-order valence-electron chi connectivity index (χ4n) is 3.72. The van der Waals surface area contributed by atoms with Gasteiger partial charge in [0.25, 0.3) is 0 Å². The van der Waals surface area contributed by atoms with Crippen molar-refractivity contribution in [2.24, 2.45) is 0 Å². The number of benzene rings is 1. The Labute approximate surface area is 526 Å². The van der Waals surface area contributed by atoms with Gasteiger partial charge in [-0.15, -0.1) is 0 Å². The number of carbonyl (C=O) groups excluding carboxylic acids is 14. The highest BCUT2D eigenvalue weighted by molar-refractivity contribution is 7.87. The molecule has 1 saturated carbocycles. The zero-order valence-corrected chi connectivity index (χ0v) is 49.6. The molecule has 558 valence electrons. The van der Waals surface area contributed by atoms with E-state index in [4.69, 9.17) is 4.89 Å². The lowest BCUT2D eigenvalue weighted by Crippen LogP contribution is -2.29. The standard InChI is InChI=1S/C14H16O7.C8H14O5S.C6H6O6.C4F6O6.C4F6O5.C4H3F3O4.C2O7/c1-9(15)18-19-12(16)10-7-5-6-8-11(10)13(17)20-21-14(2,3)4;1-7(9)12-13-14(10,11)8-5-3-2-4-6-8;1-3(7)11-5(9)6(10)12-4(2)8;5-3(6,7)1(11)13-15-16-14-2(12)4(8,9)10;5-3(6,7)1(11)13-15-14-2(12)4(8,9)10;1-2(8)10-11-3(9)4(5,6)7;3-1-5-2(4)7-9-8-6-1/h5-8H,1-4H3;8H,2-6H2,1H3;1-2H3;;;1H3;. The van der Waals surface area contributed by atoms with E-state index in [0.717, 1.165) is 53.9 Å². The van der Waals surface area contributed by atoms with E-state index >= 15 is 0 Å². The summed E-state index contributed by atoms with van der Waals surface area (Å²) in [7, 11) is -3.72. The van der Waals surface area contributed by atoms with Gasteiger partial charge in [0.1, 0.15) is 5.60 Å². The molecule has 56 heteroatoms. The Kier molecular flexibility index (Phi) is 42.1. The maximum atomic E-state index is 11.9. The maximum Gasteiger partial charge on any atom is 0.563 e. The van der Waals surface area contributed by atoms with Gasteiger partial charge in [0, 0.05) is 49.7 Å². The third-order valence-electron chi connectivity index (χ3n) is 7.07. The minimum atomic E-state index is -5.48. The van der Waals surface area contributed by atoms with Crippen molar-refractivity contribution in [3.63, 3.8) is 0 Å². The molecule has 1 aromatic carbocycles. The summed E-state index contributed by atoms with van der Waals surface area (Å²) in [6.07, 6.45) is -23.0. The Bertz CT molecular complexity index is 3160. The van der Waals surface area contributed by atoms with Crippen LogP contribution in [0.25, 0.3) is 0 Å². The molecule has 1 fully saturated rings. The highest BCUT2D eigenvalue weighted by atomic mass is 32.2. The highest BCUT2D eigenvalue weighted by Crippen LogP contribution is 2.25. The van der Waals surface area contributed by atoms with Crippen LogP contribution in [0.1, 0.15) is 108 Å². The normalized spacial score (nSPS) is 11.9. The summed E-state index contributed by atoms with van der Waals surface area (Å²) in [6, 6.07) is 5.75. The van der Waals surface area contributed by atoms with Gasteiger partial charge in [0.05, 0.1) is 16.4 Å². The van der Waals surface area contributed by atoms with Gasteiger partial charge in [-0.2, -0.15) is 97.9 Å². The lowest BCUT2D eigenvalue weighted by molar-refractivity contribution is -0.604. The molecule has 0 bridgehead atoms. The lowest BCUT2D eigenvalue weighted by atomic mass is 10.0. The first-order valence-corrected chi connectivity index (χ1v) is 24.8. The van der Waals surface area contributed by atoms with Crippen molar-refractivity contribution in [1.29, 1.82) is 0 Å². The van der Waals surface area contributed by atoms with Gasteiger partial charge in [-0.3, -0.25) is 29.1 Å². The molecule has 0 aliphatic heterocycles. The molecule has 3 rings (SSSR count). The van der Waals surface area contributed by atoms with E-state index in [2.05, 4.69) is 101 Å². The molecule has 1 heterocycles. The van der Waals surface area contributed by atoms with Crippen molar-refractivity contribution >= 4 is 93.7 Å². The number of hydrogen-bond acceptors (Lipinski definition) is 40. The maximum absolute atomic E-state index is 11.9. The number of esters is 4. The number of ether oxygens (including phenoxy) is 2. The van der Waals surface area contributed by atoms with Crippen LogP contribution < -0.4 is 11.6 Å². The van der Waals surface area contributed by atoms with Crippen LogP contribution in [0, 0.1) is 0 Å². The summed E-state index contributed by atoms with van der Waals surface area (Å²) < 4.78 is 222. The van der Waals surface area contributed by atoms with E-state index in [0.29, 0.717) is 12.8 Å². The van der Waals surface area contributed by atoms with Crippen LogP contribution in [0.15, 0.2) is 56.9 Å². The summed E-state index contributed by atoms with van der Waals surface area (Å²) in [4.78, 5) is 203. The van der Waals surface area contributed by atoms with Gasteiger partial charge in [-0.25, -0.2) is 86.9 Å². The van der Waals surface area contributed by atoms with E-state index in [9.17, 15) is 151 Å². The van der Waals surface area contributed by atoms with Gasteiger partial charge in [0.15, 0.2) is 0 Å². The molecule has 0 unspecified atom stereocenters. The average molecular weight is 1500 g/mol. The van der Waals surface area contributed by atoms with Crippen molar-refractivity contribution in [1.82, 2.24) is 0 Å². The largest absolute Gasteiger partial charge is 0.563 e. The molecule has 40 nitrogen and oxygen atoms in total. The van der Waals surface area contributed by atoms with Crippen LogP contribution in [0.2, 0.25) is 0 Å². The van der Waals surface area contributed by atoms with Crippen molar-refractivity contribution in [2.45, 2.75) is 129 Å². The fourth-order valence-corrected chi connectivity index (χ4v) is 4.94. The number of alkyl halides is 15. The monoisotopic (exact) mass is 1500 g/mol.